The van der Waals surface area contributed by atoms with Crippen molar-refractivity contribution in [3.8, 4) is 5.75 Å². The summed E-state index contributed by atoms with van der Waals surface area (Å²) in [4.78, 5) is 17.4. The van der Waals surface area contributed by atoms with Crippen molar-refractivity contribution < 1.29 is 32.5 Å². The molecule has 0 aromatic heterocycles. The Morgan fingerprint density at radius 2 is 2.00 bits per heavy atom. The number of fused-ring (bicyclic) bond motifs is 4. The number of hydrogen-bond donors (Lipinski definition) is 3. The molecule has 0 radical (unpaired) electrons. The summed E-state index contributed by atoms with van der Waals surface area (Å²) >= 11 is 6.45. The number of amides is 1. The third-order valence-electron chi connectivity index (χ3n) is 11.8. The molecule has 6 atom stereocenters. The monoisotopic (exact) mass is 728 g/mol. The van der Waals surface area contributed by atoms with Gasteiger partial charge in [0.1, 0.15) is 18.1 Å². The number of benzene rings is 2. The topological polar surface area (TPSA) is 130 Å². The zero-order valence-electron chi connectivity index (χ0n) is 29.1. The number of anilines is 1. The largest absolute Gasteiger partial charge is 0.490 e. The second-order valence-corrected chi connectivity index (χ2v) is 17.4. The molecule has 1 spiro atoms. The van der Waals surface area contributed by atoms with Gasteiger partial charge < -0.3 is 29.5 Å². The van der Waals surface area contributed by atoms with Gasteiger partial charge in [0, 0.05) is 42.6 Å². The predicted molar refractivity (Wildman–Crippen MR) is 191 cm³/mol. The van der Waals surface area contributed by atoms with E-state index in [9.17, 15) is 18.3 Å². The summed E-state index contributed by atoms with van der Waals surface area (Å²) in [7, 11) is -2.29. The average Bonchev–Trinajstić information content (AvgIpc) is 3.51. The lowest BCUT2D eigenvalue weighted by Gasteiger charge is -2.46. The van der Waals surface area contributed by atoms with E-state index in [2.05, 4.69) is 27.1 Å². The number of rotatable bonds is 2. The Labute approximate surface area is 300 Å². The van der Waals surface area contributed by atoms with Crippen LogP contribution in [0.5, 0.6) is 5.75 Å². The minimum Gasteiger partial charge on any atom is -0.490 e. The van der Waals surface area contributed by atoms with Gasteiger partial charge in [-0.2, -0.15) is 4.72 Å². The molecule has 2 aromatic rings. The number of nitrogens with zero attached hydrogens (tertiary/aromatic N) is 2. The van der Waals surface area contributed by atoms with E-state index < -0.39 is 34.0 Å². The summed E-state index contributed by atoms with van der Waals surface area (Å²) in [5.74, 6) is 0.847. The van der Waals surface area contributed by atoms with Gasteiger partial charge in [0.15, 0.2) is 0 Å². The van der Waals surface area contributed by atoms with Crippen molar-refractivity contribution in [2.75, 3.05) is 51.4 Å². The number of hydrogen-bond acceptors (Lipinski definition) is 9. The number of alkyl carbamates (subject to hydrolysis) is 1. The first-order valence-corrected chi connectivity index (χ1v) is 19.6. The fourth-order valence-electron chi connectivity index (χ4n) is 8.20. The van der Waals surface area contributed by atoms with E-state index in [0.717, 1.165) is 38.5 Å². The molecule has 11 nitrogen and oxygen atoms in total. The number of aliphatic hydroxyl groups excluding tert-OH is 1. The summed E-state index contributed by atoms with van der Waals surface area (Å²) in [6, 6.07) is 11.0. The molecule has 50 heavy (non-hydrogen) atoms. The molecule has 3 N–H and O–H groups in total. The van der Waals surface area contributed by atoms with Crippen molar-refractivity contribution in [1.29, 1.82) is 0 Å². The van der Waals surface area contributed by atoms with E-state index in [4.69, 9.17) is 25.8 Å². The molecule has 1 saturated heterocycles. The molecule has 1 amide bonds. The Morgan fingerprint density at radius 1 is 1.16 bits per heavy atom. The molecule has 2 aliphatic carbocycles. The molecule has 2 bridgehead atoms. The van der Waals surface area contributed by atoms with Crippen molar-refractivity contribution in [3.05, 3.63) is 64.7 Å². The van der Waals surface area contributed by atoms with Crippen LogP contribution < -0.4 is 19.7 Å². The number of carbonyl (C=O) groups is 1. The molecule has 1 saturated carbocycles. The standard InChI is InChI=1S/C37H49ClN4O7S/c1-36(2)34(43)40-50(45,46)28-10-13-33-31(19-28)42(22-37(23-48-33)15-4-6-24-18-26(38)9-12-30(24)37)20-25-8-11-29(25)32(7-5-16-41(36)3)49-35(44)39-27-14-17-47-21-27/h5,7,9-10,12-13,18-19,25,27,29,32,34,40,43H,4,6,8,11,14-17,20-23H2,1-3H3,(H,39,44)/b7-5+/t25-,27-,29+,32-,34?,37-/m0/s1. The predicted octanol–water partition coefficient (Wildman–Crippen LogP) is 4.60. The van der Waals surface area contributed by atoms with Gasteiger partial charge in [0.2, 0.25) is 10.0 Å². The van der Waals surface area contributed by atoms with Crippen molar-refractivity contribution in [2.24, 2.45) is 11.8 Å². The average molecular weight is 729 g/mol. The summed E-state index contributed by atoms with van der Waals surface area (Å²) in [6.07, 6.45) is 7.00. The van der Waals surface area contributed by atoms with Crippen LogP contribution in [0.25, 0.3) is 0 Å². The number of likely N-dealkylation sites (N-methyl/N-ethyl adjacent to an activating group) is 1. The maximum Gasteiger partial charge on any atom is 0.408 e. The highest BCUT2D eigenvalue weighted by atomic mass is 35.5. The molecular formula is C37H49ClN4O7S. The number of nitrogens with one attached hydrogen (secondary N) is 2. The second kappa shape index (κ2) is 13.9. The molecule has 5 aliphatic rings. The Bertz CT molecular complexity index is 1730. The number of aryl methyl sites for hydroxylation is 1. The van der Waals surface area contributed by atoms with Gasteiger partial charge in [-0.15, -0.1) is 0 Å². The minimum absolute atomic E-state index is 0.0556. The van der Waals surface area contributed by atoms with Crippen LogP contribution in [0.15, 0.2) is 53.4 Å². The van der Waals surface area contributed by atoms with Gasteiger partial charge in [-0.25, -0.2) is 13.2 Å². The van der Waals surface area contributed by atoms with E-state index in [0.29, 0.717) is 55.9 Å². The molecule has 13 heteroatoms. The fourth-order valence-corrected chi connectivity index (χ4v) is 9.62. The highest BCUT2D eigenvalue weighted by Gasteiger charge is 2.45. The Hall–Kier alpha value is -2.87. The molecular weight excluding hydrogens is 680 g/mol. The van der Waals surface area contributed by atoms with Crippen LogP contribution in [0.1, 0.15) is 57.1 Å². The van der Waals surface area contributed by atoms with Crippen LogP contribution in [-0.4, -0.2) is 94.9 Å². The van der Waals surface area contributed by atoms with Crippen LogP contribution in [0, 0.1) is 11.8 Å². The van der Waals surface area contributed by atoms with Gasteiger partial charge >= 0.3 is 6.09 Å². The van der Waals surface area contributed by atoms with Gasteiger partial charge in [-0.05, 0) is 113 Å². The van der Waals surface area contributed by atoms with Gasteiger partial charge in [0.05, 0.1) is 35.4 Å². The maximum atomic E-state index is 13.8. The van der Waals surface area contributed by atoms with E-state index in [1.807, 2.05) is 30.2 Å². The normalized spacial score (nSPS) is 32.8. The molecule has 272 valence electrons. The highest BCUT2D eigenvalue weighted by molar-refractivity contribution is 7.89. The van der Waals surface area contributed by atoms with E-state index in [-0.39, 0.29) is 28.2 Å². The summed E-state index contributed by atoms with van der Waals surface area (Å²) in [5.41, 5.74) is 1.83. The second-order valence-electron chi connectivity index (χ2n) is 15.3. The van der Waals surface area contributed by atoms with E-state index in [1.54, 1.807) is 32.0 Å². The van der Waals surface area contributed by atoms with Crippen molar-refractivity contribution in [2.45, 2.75) is 86.6 Å². The molecule has 2 aromatic carbocycles. The highest BCUT2D eigenvalue weighted by Crippen LogP contribution is 2.47. The van der Waals surface area contributed by atoms with Crippen LogP contribution in [0.3, 0.4) is 0 Å². The van der Waals surface area contributed by atoms with Crippen LogP contribution >= 0.6 is 11.6 Å². The Morgan fingerprint density at radius 3 is 2.76 bits per heavy atom. The molecule has 1 unspecified atom stereocenters. The zero-order valence-corrected chi connectivity index (χ0v) is 30.6. The molecule has 7 rings (SSSR count). The third-order valence-corrected chi connectivity index (χ3v) is 13.4. The number of carbonyl (C=O) groups excluding carboxylic acids is 1. The van der Waals surface area contributed by atoms with Crippen molar-refractivity contribution in [3.63, 3.8) is 0 Å². The van der Waals surface area contributed by atoms with Crippen molar-refractivity contribution >= 4 is 33.4 Å². The number of ether oxygens (including phenoxy) is 3. The number of sulfonamides is 1. The van der Waals surface area contributed by atoms with Gasteiger partial charge in [0.25, 0.3) is 0 Å². The minimum atomic E-state index is -4.11. The molecule has 3 heterocycles. The van der Waals surface area contributed by atoms with Gasteiger partial charge in [-0.1, -0.05) is 23.7 Å². The Kier molecular flexibility index (Phi) is 9.90. The lowest BCUT2D eigenvalue weighted by molar-refractivity contribution is 0.00272. The molecule has 2 fully saturated rings. The van der Waals surface area contributed by atoms with Crippen LogP contribution in [0.4, 0.5) is 10.5 Å². The number of aliphatic hydroxyl groups is 1. The lowest BCUT2D eigenvalue weighted by Crippen LogP contribution is -2.57. The lowest BCUT2D eigenvalue weighted by atomic mass is 9.68. The van der Waals surface area contributed by atoms with E-state index >= 15 is 0 Å². The Balaban J connectivity index is 1.27. The summed E-state index contributed by atoms with van der Waals surface area (Å²) in [6.45, 7) is 6.76. The third kappa shape index (κ3) is 6.99. The van der Waals surface area contributed by atoms with Crippen molar-refractivity contribution in [1.82, 2.24) is 14.9 Å². The first-order chi connectivity index (χ1) is 23.8. The van der Waals surface area contributed by atoms with E-state index in [1.165, 1.54) is 11.1 Å². The molecule has 3 aliphatic heterocycles. The van der Waals surface area contributed by atoms with Crippen LogP contribution in [-0.2, 0) is 31.3 Å². The first kappa shape index (κ1) is 35.5. The quantitative estimate of drug-likeness (QED) is 0.380. The SMILES string of the molecule is CN1C/C=C/[C@H](OC(=O)N[C@H]2CCOC2)[C@@H]2CC[C@H]2CN2C[C@@]3(CCCc4cc(Cl)ccc43)COc3ccc(cc32)S(=O)(=O)NC(O)C1(C)C. The fraction of sp³-hybridized carbons (Fsp3) is 0.595. The summed E-state index contributed by atoms with van der Waals surface area (Å²) < 4.78 is 48.4. The maximum absolute atomic E-state index is 13.8. The zero-order chi connectivity index (χ0) is 35.3. The number of halogens is 1. The van der Waals surface area contributed by atoms with Crippen LogP contribution in [0.2, 0.25) is 5.02 Å². The summed E-state index contributed by atoms with van der Waals surface area (Å²) in [5, 5.41) is 15.0. The smallest absolute Gasteiger partial charge is 0.408 e. The van der Waals surface area contributed by atoms with Gasteiger partial charge in [-0.3, -0.25) is 4.90 Å². The first-order valence-electron chi connectivity index (χ1n) is 17.8.